The van der Waals surface area contributed by atoms with Gasteiger partial charge in [-0.25, -0.2) is 4.39 Å². The minimum atomic E-state index is -0.394. The molecule has 5 heteroatoms. The first-order valence-corrected chi connectivity index (χ1v) is 7.50. The third-order valence-corrected chi connectivity index (χ3v) is 3.89. The number of nitrogens with one attached hydrogen (secondary N) is 1. The molecule has 0 saturated carbocycles. The van der Waals surface area contributed by atoms with Crippen molar-refractivity contribution < 1.29 is 13.9 Å². The average molecular weight is 294 g/mol. The zero-order valence-corrected chi connectivity index (χ0v) is 12.7. The van der Waals surface area contributed by atoms with E-state index in [1.807, 2.05) is 6.92 Å². The van der Waals surface area contributed by atoms with Crippen LogP contribution < -0.4 is 10.1 Å². The van der Waals surface area contributed by atoms with Crippen LogP contribution in [0.2, 0.25) is 0 Å². The number of carbonyl (C=O) groups is 1. The number of ether oxygens (including phenoxy) is 1. The van der Waals surface area contributed by atoms with Crippen molar-refractivity contribution in [2.75, 3.05) is 20.2 Å². The molecule has 0 radical (unpaired) electrons. The fraction of sp³-hybridized carbons (Fsp3) is 0.562. The highest BCUT2D eigenvalue weighted by Gasteiger charge is 2.25. The summed E-state index contributed by atoms with van der Waals surface area (Å²) in [5.41, 5.74) is 0.777. The van der Waals surface area contributed by atoms with Gasteiger partial charge in [0.05, 0.1) is 13.2 Å². The van der Waals surface area contributed by atoms with Gasteiger partial charge in [0.25, 0.3) is 0 Å². The van der Waals surface area contributed by atoms with Gasteiger partial charge >= 0.3 is 0 Å². The van der Waals surface area contributed by atoms with Gasteiger partial charge in [-0.05, 0) is 44.0 Å². The number of piperidine rings is 1. The third-order valence-electron chi connectivity index (χ3n) is 3.89. The lowest BCUT2D eigenvalue weighted by Crippen LogP contribution is -2.48. The number of likely N-dealkylation sites (N-methyl/N-ethyl adjacent to an activating group) is 1. The van der Waals surface area contributed by atoms with Crippen LogP contribution in [0.25, 0.3) is 0 Å². The van der Waals surface area contributed by atoms with Gasteiger partial charge < -0.3 is 15.0 Å². The van der Waals surface area contributed by atoms with Gasteiger partial charge in [0, 0.05) is 13.1 Å². The van der Waals surface area contributed by atoms with E-state index in [1.54, 1.807) is 17.0 Å². The maximum Gasteiger partial charge on any atom is 0.239 e. The highest BCUT2D eigenvalue weighted by molar-refractivity contribution is 5.82. The maximum absolute atomic E-state index is 13.7. The van der Waals surface area contributed by atoms with Crippen LogP contribution in [0.5, 0.6) is 5.75 Å². The summed E-state index contributed by atoms with van der Waals surface area (Å²) in [5.74, 6) is -0.0650. The molecule has 1 aliphatic heterocycles. The molecule has 0 spiro atoms. The maximum atomic E-state index is 13.7. The predicted molar refractivity (Wildman–Crippen MR) is 79.7 cm³/mol. The molecule has 0 aliphatic carbocycles. The quantitative estimate of drug-likeness (QED) is 0.906. The second-order valence-corrected chi connectivity index (χ2v) is 5.32. The van der Waals surface area contributed by atoms with E-state index in [-0.39, 0.29) is 17.7 Å². The van der Waals surface area contributed by atoms with Gasteiger partial charge in [0.2, 0.25) is 5.91 Å². The molecule has 1 fully saturated rings. The molecule has 1 unspecified atom stereocenters. The van der Waals surface area contributed by atoms with E-state index in [0.29, 0.717) is 13.1 Å². The summed E-state index contributed by atoms with van der Waals surface area (Å²) >= 11 is 0. The van der Waals surface area contributed by atoms with Crippen molar-refractivity contribution in [2.45, 2.75) is 38.8 Å². The van der Waals surface area contributed by atoms with Crippen LogP contribution in [-0.2, 0) is 11.3 Å². The molecule has 0 bridgehead atoms. The average Bonchev–Trinajstić information content (AvgIpc) is 2.53. The molecule has 1 amide bonds. The summed E-state index contributed by atoms with van der Waals surface area (Å²) in [4.78, 5) is 14.3. The summed E-state index contributed by atoms with van der Waals surface area (Å²) in [6, 6.07) is 4.73. The molecule has 1 N–H and O–H groups in total. The standard InChI is InChI=1S/C16H23FN2O2/c1-3-19(16(20)14-6-4-5-9-18-14)11-12-7-8-15(21-2)13(17)10-12/h7-8,10,14,18H,3-6,9,11H2,1-2H3. The monoisotopic (exact) mass is 294 g/mol. The molecule has 21 heavy (non-hydrogen) atoms. The lowest BCUT2D eigenvalue weighted by atomic mass is 10.0. The number of carbonyl (C=O) groups excluding carboxylic acids is 1. The molecule has 1 aromatic carbocycles. The summed E-state index contributed by atoms with van der Waals surface area (Å²) in [7, 11) is 1.44. The Morgan fingerprint density at radius 2 is 2.29 bits per heavy atom. The van der Waals surface area contributed by atoms with Crippen molar-refractivity contribution in [3.05, 3.63) is 29.6 Å². The number of rotatable bonds is 5. The fourth-order valence-electron chi connectivity index (χ4n) is 2.66. The molecule has 0 aromatic heterocycles. The number of hydrogen-bond donors (Lipinski definition) is 1. The van der Waals surface area contributed by atoms with E-state index in [0.717, 1.165) is 31.4 Å². The Morgan fingerprint density at radius 1 is 1.48 bits per heavy atom. The Hall–Kier alpha value is -1.62. The number of amides is 1. The topological polar surface area (TPSA) is 41.6 Å². The predicted octanol–water partition coefficient (Wildman–Crippen LogP) is 2.32. The first kappa shape index (κ1) is 15.8. The van der Waals surface area contributed by atoms with Crippen LogP contribution in [0.15, 0.2) is 18.2 Å². The number of nitrogens with zero attached hydrogens (tertiary/aromatic N) is 1. The van der Waals surface area contributed by atoms with Crippen molar-refractivity contribution in [3.63, 3.8) is 0 Å². The molecule has 116 valence electrons. The van der Waals surface area contributed by atoms with Crippen LogP contribution >= 0.6 is 0 Å². The van der Waals surface area contributed by atoms with Crippen molar-refractivity contribution in [1.82, 2.24) is 10.2 Å². The van der Waals surface area contributed by atoms with Crippen molar-refractivity contribution in [2.24, 2.45) is 0 Å². The Kier molecular flexibility index (Phi) is 5.56. The lowest BCUT2D eigenvalue weighted by molar-refractivity contribution is -0.134. The zero-order chi connectivity index (χ0) is 15.2. The van der Waals surface area contributed by atoms with Crippen molar-refractivity contribution in [3.8, 4) is 5.75 Å². The first-order valence-electron chi connectivity index (χ1n) is 7.50. The highest BCUT2D eigenvalue weighted by atomic mass is 19.1. The van der Waals surface area contributed by atoms with Crippen molar-refractivity contribution >= 4 is 5.91 Å². The first-order chi connectivity index (χ1) is 10.2. The van der Waals surface area contributed by atoms with E-state index < -0.39 is 5.82 Å². The van der Waals surface area contributed by atoms with Gasteiger partial charge in [0.15, 0.2) is 11.6 Å². The fourth-order valence-corrected chi connectivity index (χ4v) is 2.66. The molecule has 1 heterocycles. The molecule has 4 nitrogen and oxygen atoms in total. The van der Waals surface area contributed by atoms with Crippen molar-refractivity contribution in [1.29, 1.82) is 0 Å². The smallest absolute Gasteiger partial charge is 0.239 e. The van der Waals surface area contributed by atoms with E-state index >= 15 is 0 Å². The Bertz CT molecular complexity index is 487. The molecule has 1 atom stereocenters. The summed E-state index contributed by atoms with van der Waals surface area (Å²) < 4.78 is 18.6. The van der Waals surface area contributed by atoms with E-state index in [2.05, 4.69) is 5.32 Å². The molecule has 1 saturated heterocycles. The summed E-state index contributed by atoms with van der Waals surface area (Å²) in [6.45, 7) is 3.88. The molecule has 2 rings (SSSR count). The number of hydrogen-bond acceptors (Lipinski definition) is 3. The number of halogens is 1. The number of benzene rings is 1. The van der Waals surface area contributed by atoms with Gasteiger partial charge in [0.1, 0.15) is 0 Å². The number of methoxy groups -OCH3 is 1. The second-order valence-electron chi connectivity index (χ2n) is 5.32. The molecular weight excluding hydrogens is 271 g/mol. The Morgan fingerprint density at radius 3 is 2.86 bits per heavy atom. The Balaban J connectivity index is 2.04. The summed E-state index contributed by atoms with van der Waals surface area (Å²) in [5, 5.41) is 3.26. The highest BCUT2D eigenvalue weighted by Crippen LogP contribution is 2.19. The van der Waals surface area contributed by atoms with Gasteiger partial charge in [-0.3, -0.25) is 4.79 Å². The van der Waals surface area contributed by atoms with Crippen LogP contribution in [0.3, 0.4) is 0 Å². The normalized spacial score (nSPS) is 18.3. The second kappa shape index (κ2) is 7.41. The molecule has 1 aromatic rings. The molecule has 1 aliphatic rings. The van der Waals surface area contributed by atoms with Gasteiger partial charge in [-0.2, -0.15) is 0 Å². The SMILES string of the molecule is CCN(Cc1ccc(OC)c(F)c1)C(=O)C1CCCCN1. The zero-order valence-electron chi connectivity index (χ0n) is 12.7. The largest absolute Gasteiger partial charge is 0.494 e. The third kappa shape index (κ3) is 3.94. The van der Waals surface area contributed by atoms with Crippen LogP contribution in [0.4, 0.5) is 4.39 Å². The van der Waals surface area contributed by atoms with Gasteiger partial charge in [-0.15, -0.1) is 0 Å². The van der Waals surface area contributed by atoms with Gasteiger partial charge in [-0.1, -0.05) is 12.5 Å². The lowest BCUT2D eigenvalue weighted by Gasteiger charge is -2.29. The van der Waals surface area contributed by atoms with E-state index in [4.69, 9.17) is 4.74 Å². The minimum absolute atomic E-state index is 0.0956. The van der Waals surface area contributed by atoms with E-state index in [1.165, 1.54) is 13.2 Å². The van der Waals surface area contributed by atoms with E-state index in [9.17, 15) is 9.18 Å². The summed E-state index contributed by atoms with van der Waals surface area (Å²) in [6.07, 6.45) is 3.09. The van der Waals surface area contributed by atoms with Crippen LogP contribution in [-0.4, -0.2) is 37.0 Å². The van der Waals surface area contributed by atoms with Crippen LogP contribution in [0.1, 0.15) is 31.7 Å². The van der Waals surface area contributed by atoms with Crippen LogP contribution in [0, 0.1) is 5.82 Å². The Labute approximate surface area is 125 Å². The minimum Gasteiger partial charge on any atom is -0.494 e. The molecular formula is C16H23FN2O2.